The zero-order chi connectivity index (χ0) is 13.8. The van der Waals surface area contributed by atoms with Crippen LogP contribution in [0.1, 0.15) is 24.4 Å². The Bertz CT molecular complexity index is 371. The van der Waals surface area contributed by atoms with Crippen LogP contribution in [0.5, 0.6) is 11.5 Å². The van der Waals surface area contributed by atoms with Gasteiger partial charge in [0.1, 0.15) is 11.5 Å². The fourth-order valence-corrected chi connectivity index (χ4v) is 1.71. The van der Waals surface area contributed by atoms with E-state index in [9.17, 15) is 13.2 Å². The summed E-state index contributed by atoms with van der Waals surface area (Å²) in [5.74, 6) is 0.869. The van der Waals surface area contributed by atoms with E-state index in [4.69, 9.17) is 15.2 Å². The number of ether oxygens (including phenoxy) is 2. The van der Waals surface area contributed by atoms with Crippen LogP contribution in [0.2, 0.25) is 0 Å². The lowest BCUT2D eigenvalue weighted by Crippen LogP contribution is -2.17. The van der Waals surface area contributed by atoms with Gasteiger partial charge in [0, 0.05) is 12.5 Å². The lowest BCUT2D eigenvalue weighted by atomic mass is 10.0. The number of halogens is 3. The van der Waals surface area contributed by atoms with Crippen LogP contribution in [0.4, 0.5) is 13.2 Å². The van der Waals surface area contributed by atoms with Gasteiger partial charge in [-0.1, -0.05) is 6.07 Å². The van der Waals surface area contributed by atoms with Crippen molar-refractivity contribution in [3.05, 3.63) is 23.8 Å². The zero-order valence-corrected chi connectivity index (χ0v) is 10.3. The zero-order valence-electron chi connectivity index (χ0n) is 10.3. The first-order valence-electron chi connectivity index (χ1n) is 5.42. The predicted octanol–water partition coefficient (Wildman–Crippen LogP) is 3.05. The van der Waals surface area contributed by atoms with E-state index >= 15 is 0 Å². The maximum atomic E-state index is 12.2. The molecule has 102 valence electrons. The molecule has 2 N–H and O–H groups in total. The second-order valence-electron chi connectivity index (χ2n) is 3.84. The molecule has 0 aromatic heterocycles. The summed E-state index contributed by atoms with van der Waals surface area (Å²) in [5.41, 5.74) is 6.26. The van der Waals surface area contributed by atoms with Crippen LogP contribution in [-0.4, -0.2) is 20.4 Å². The molecule has 0 bridgehead atoms. The third kappa shape index (κ3) is 3.80. The van der Waals surface area contributed by atoms with Crippen molar-refractivity contribution < 1.29 is 22.6 Å². The third-order valence-corrected chi connectivity index (χ3v) is 2.58. The molecule has 0 spiro atoms. The first kappa shape index (κ1) is 14.6. The Kier molecular flexibility index (Phi) is 4.84. The van der Waals surface area contributed by atoms with Crippen molar-refractivity contribution in [2.75, 3.05) is 14.2 Å². The van der Waals surface area contributed by atoms with E-state index in [-0.39, 0.29) is 6.42 Å². The number of hydrogen-bond donors (Lipinski definition) is 1. The van der Waals surface area contributed by atoms with Crippen molar-refractivity contribution >= 4 is 0 Å². The Labute approximate surface area is 104 Å². The van der Waals surface area contributed by atoms with Gasteiger partial charge in [0.05, 0.1) is 19.8 Å². The van der Waals surface area contributed by atoms with Crippen LogP contribution in [0.15, 0.2) is 18.2 Å². The van der Waals surface area contributed by atoms with Crippen molar-refractivity contribution in [3.63, 3.8) is 0 Å². The normalized spacial score (nSPS) is 13.2. The van der Waals surface area contributed by atoms with E-state index in [0.717, 1.165) is 0 Å². The van der Waals surface area contributed by atoms with Crippen molar-refractivity contribution in [1.82, 2.24) is 0 Å². The van der Waals surface area contributed by atoms with Crippen molar-refractivity contribution in [2.24, 2.45) is 5.73 Å². The van der Waals surface area contributed by atoms with Crippen LogP contribution in [0.3, 0.4) is 0 Å². The molecule has 0 radical (unpaired) electrons. The number of nitrogens with two attached hydrogens (primary N) is 1. The highest BCUT2D eigenvalue weighted by Crippen LogP contribution is 2.36. The van der Waals surface area contributed by atoms with Gasteiger partial charge in [-0.15, -0.1) is 0 Å². The van der Waals surface area contributed by atoms with E-state index < -0.39 is 18.6 Å². The van der Waals surface area contributed by atoms with Crippen LogP contribution in [0.25, 0.3) is 0 Å². The van der Waals surface area contributed by atoms with Gasteiger partial charge in [-0.2, -0.15) is 13.2 Å². The molecule has 0 saturated heterocycles. The minimum absolute atomic E-state index is 0.208. The average molecular weight is 263 g/mol. The first-order valence-corrected chi connectivity index (χ1v) is 5.42. The molecule has 0 saturated carbocycles. The van der Waals surface area contributed by atoms with Crippen LogP contribution < -0.4 is 15.2 Å². The molecule has 0 aliphatic rings. The summed E-state index contributed by atoms with van der Waals surface area (Å²) < 4.78 is 46.7. The molecule has 1 atom stereocenters. The minimum Gasteiger partial charge on any atom is -0.496 e. The van der Waals surface area contributed by atoms with Gasteiger partial charge in [0.15, 0.2) is 0 Å². The van der Waals surface area contributed by atoms with Crippen LogP contribution >= 0.6 is 0 Å². The Morgan fingerprint density at radius 3 is 2.06 bits per heavy atom. The highest BCUT2D eigenvalue weighted by Gasteiger charge is 2.29. The highest BCUT2D eigenvalue weighted by molar-refractivity contribution is 5.46. The predicted molar refractivity (Wildman–Crippen MR) is 61.8 cm³/mol. The lowest BCUT2D eigenvalue weighted by molar-refractivity contribution is -0.136. The number of rotatable bonds is 5. The Hall–Kier alpha value is -1.43. The van der Waals surface area contributed by atoms with Gasteiger partial charge >= 0.3 is 6.18 Å². The smallest absolute Gasteiger partial charge is 0.389 e. The molecular formula is C12H16F3NO2. The summed E-state index contributed by atoms with van der Waals surface area (Å²) in [6, 6.07) is 4.20. The minimum atomic E-state index is -4.22. The van der Waals surface area contributed by atoms with E-state index in [1.54, 1.807) is 18.2 Å². The molecule has 6 heteroatoms. The second kappa shape index (κ2) is 5.95. The fourth-order valence-electron chi connectivity index (χ4n) is 1.71. The van der Waals surface area contributed by atoms with Gasteiger partial charge in [-0.05, 0) is 18.6 Å². The van der Waals surface area contributed by atoms with Gasteiger partial charge in [-0.25, -0.2) is 0 Å². The molecule has 1 rings (SSSR count). The van der Waals surface area contributed by atoms with E-state index in [0.29, 0.717) is 17.1 Å². The lowest BCUT2D eigenvalue weighted by Gasteiger charge is -2.19. The summed E-state index contributed by atoms with van der Waals surface area (Å²) in [4.78, 5) is 0. The molecule has 0 fully saturated rings. The molecular weight excluding hydrogens is 247 g/mol. The van der Waals surface area contributed by atoms with E-state index in [1.807, 2.05) is 0 Å². The van der Waals surface area contributed by atoms with Gasteiger partial charge in [-0.3, -0.25) is 0 Å². The first-order chi connectivity index (χ1) is 8.39. The summed E-state index contributed by atoms with van der Waals surface area (Å²) in [6.07, 6.45) is -5.36. The van der Waals surface area contributed by atoms with Crippen molar-refractivity contribution in [2.45, 2.75) is 25.1 Å². The highest BCUT2D eigenvalue weighted by atomic mass is 19.4. The molecule has 0 amide bonds. The molecule has 18 heavy (non-hydrogen) atoms. The second-order valence-corrected chi connectivity index (χ2v) is 3.84. The monoisotopic (exact) mass is 263 g/mol. The largest absolute Gasteiger partial charge is 0.496 e. The van der Waals surface area contributed by atoms with Gasteiger partial charge in [0.25, 0.3) is 0 Å². The van der Waals surface area contributed by atoms with Gasteiger partial charge in [0.2, 0.25) is 0 Å². The maximum absolute atomic E-state index is 12.2. The third-order valence-electron chi connectivity index (χ3n) is 2.58. The summed E-state index contributed by atoms with van der Waals surface area (Å²) >= 11 is 0. The summed E-state index contributed by atoms with van der Waals surface area (Å²) in [5, 5.41) is 0. The number of methoxy groups -OCH3 is 2. The van der Waals surface area contributed by atoms with Gasteiger partial charge < -0.3 is 15.2 Å². The standard InChI is InChI=1S/C12H16F3NO2/c1-17-9-4-3-5-10(18-2)11(9)8(16)6-7-12(13,14)15/h3-5,8H,6-7,16H2,1-2H3/t8-/m1/s1. The quantitative estimate of drug-likeness (QED) is 0.888. The number of alkyl halides is 3. The SMILES string of the molecule is COc1cccc(OC)c1[C@H](N)CCC(F)(F)F. The Balaban J connectivity index is 2.92. The van der Waals surface area contributed by atoms with Crippen LogP contribution in [0, 0.1) is 0 Å². The maximum Gasteiger partial charge on any atom is 0.389 e. The molecule has 3 nitrogen and oxygen atoms in total. The Morgan fingerprint density at radius 1 is 1.17 bits per heavy atom. The van der Waals surface area contributed by atoms with Crippen molar-refractivity contribution in [3.8, 4) is 11.5 Å². The van der Waals surface area contributed by atoms with Crippen molar-refractivity contribution in [1.29, 1.82) is 0 Å². The number of benzene rings is 1. The van der Waals surface area contributed by atoms with Crippen LogP contribution in [-0.2, 0) is 0 Å². The molecule has 1 aromatic carbocycles. The average Bonchev–Trinajstić information content (AvgIpc) is 2.33. The molecule has 1 aromatic rings. The fraction of sp³-hybridized carbons (Fsp3) is 0.500. The topological polar surface area (TPSA) is 44.5 Å². The van der Waals surface area contributed by atoms with E-state index in [1.165, 1.54) is 14.2 Å². The molecule has 0 aliphatic heterocycles. The van der Waals surface area contributed by atoms with E-state index in [2.05, 4.69) is 0 Å². The summed E-state index contributed by atoms with van der Waals surface area (Å²) in [7, 11) is 2.88. The molecule has 0 aliphatic carbocycles. The molecule has 0 heterocycles. The Morgan fingerprint density at radius 2 is 1.67 bits per heavy atom. The molecule has 0 unspecified atom stereocenters. The summed E-state index contributed by atoms with van der Waals surface area (Å²) in [6.45, 7) is 0. The number of hydrogen-bond acceptors (Lipinski definition) is 3.